The van der Waals surface area contributed by atoms with Gasteiger partial charge in [-0.2, -0.15) is 0 Å². The van der Waals surface area contributed by atoms with Gasteiger partial charge in [-0.1, -0.05) is 0 Å². The quantitative estimate of drug-likeness (QED) is 0.846. The van der Waals surface area contributed by atoms with Crippen LogP contribution in [0.5, 0.6) is 0 Å². The van der Waals surface area contributed by atoms with Crippen LogP contribution in [0.3, 0.4) is 0 Å². The number of H-pyrrole nitrogens is 1. The molecule has 1 aliphatic rings. The van der Waals surface area contributed by atoms with Crippen molar-refractivity contribution in [2.75, 3.05) is 13.1 Å². The third-order valence-corrected chi connectivity index (χ3v) is 3.58. The Bertz CT molecular complexity index is 610. The van der Waals surface area contributed by atoms with Gasteiger partial charge >= 0.3 is 5.69 Å². The Morgan fingerprint density at radius 1 is 1.44 bits per heavy atom. The predicted molar refractivity (Wildman–Crippen MR) is 68.1 cm³/mol. The molecule has 2 aromatic rings. The minimum atomic E-state index is -0.324. The highest BCUT2D eigenvalue weighted by Crippen LogP contribution is 2.16. The zero-order valence-corrected chi connectivity index (χ0v) is 10.1. The smallest absolute Gasteiger partial charge is 0.316 e. The van der Waals surface area contributed by atoms with E-state index in [0.29, 0.717) is 18.0 Å². The van der Waals surface area contributed by atoms with Gasteiger partial charge in [-0.3, -0.25) is 4.57 Å². The Labute approximate surface area is 104 Å². The molecular formula is C13H16FN3O. The molecule has 1 aromatic heterocycles. The van der Waals surface area contributed by atoms with Gasteiger partial charge < -0.3 is 10.3 Å². The fraction of sp³-hybridized carbons (Fsp3) is 0.462. The maximum absolute atomic E-state index is 13.1. The molecule has 0 aliphatic carbocycles. The van der Waals surface area contributed by atoms with Crippen molar-refractivity contribution in [1.82, 2.24) is 14.9 Å². The van der Waals surface area contributed by atoms with Crippen LogP contribution in [0.4, 0.5) is 4.39 Å². The number of benzene rings is 1. The van der Waals surface area contributed by atoms with E-state index in [1.807, 2.05) is 0 Å². The van der Waals surface area contributed by atoms with Crippen molar-refractivity contribution < 1.29 is 4.39 Å². The molecule has 0 amide bonds. The van der Waals surface area contributed by atoms with Gasteiger partial charge in [-0.25, -0.2) is 9.18 Å². The Hall–Kier alpha value is -1.62. The van der Waals surface area contributed by atoms with Crippen molar-refractivity contribution >= 4 is 11.0 Å². The summed E-state index contributed by atoms with van der Waals surface area (Å²) in [5.41, 5.74) is 1.21. The van der Waals surface area contributed by atoms with E-state index >= 15 is 0 Å². The van der Waals surface area contributed by atoms with E-state index in [4.69, 9.17) is 0 Å². The average molecular weight is 249 g/mol. The number of rotatable bonds is 2. The van der Waals surface area contributed by atoms with Crippen LogP contribution < -0.4 is 11.0 Å². The van der Waals surface area contributed by atoms with Crippen molar-refractivity contribution in [2.24, 2.45) is 5.92 Å². The van der Waals surface area contributed by atoms with E-state index < -0.39 is 0 Å². The molecule has 0 spiro atoms. The first kappa shape index (κ1) is 11.5. The third kappa shape index (κ3) is 2.06. The fourth-order valence-corrected chi connectivity index (χ4v) is 2.66. The summed E-state index contributed by atoms with van der Waals surface area (Å²) < 4.78 is 14.8. The summed E-state index contributed by atoms with van der Waals surface area (Å²) in [7, 11) is 0. The zero-order chi connectivity index (χ0) is 12.5. The van der Waals surface area contributed by atoms with E-state index in [1.54, 1.807) is 10.6 Å². The first-order chi connectivity index (χ1) is 8.74. The second-order valence-corrected chi connectivity index (χ2v) is 4.91. The lowest BCUT2D eigenvalue weighted by Crippen LogP contribution is -2.34. The number of fused-ring (bicyclic) bond motifs is 1. The lowest BCUT2D eigenvalue weighted by atomic mass is 10.00. The highest BCUT2D eigenvalue weighted by Gasteiger charge is 2.16. The van der Waals surface area contributed by atoms with Crippen molar-refractivity contribution in [3.05, 3.63) is 34.5 Å². The third-order valence-electron chi connectivity index (χ3n) is 3.58. The van der Waals surface area contributed by atoms with Gasteiger partial charge in [0.05, 0.1) is 11.0 Å². The summed E-state index contributed by atoms with van der Waals surface area (Å²) in [6, 6.07) is 4.43. The average Bonchev–Trinajstić information content (AvgIpc) is 2.66. The number of hydrogen-bond donors (Lipinski definition) is 2. The standard InChI is InChI=1S/C13H16FN3O/c14-10-3-4-12-11(6-10)16-13(18)17(12)8-9-2-1-5-15-7-9/h3-4,6,9,15H,1-2,5,7-8H2,(H,16,18). The molecule has 2 heterocycles. The first-order valence-corrected chi connectivity index (χ1v) is 6.33. The second kappa shape index (κ2) is 4.57. The van der Waals surface area contributed by atoms with E-state index in [9.17, 15) is 9.18 Å². The number of hydrogen-bond acceptors (Lipinski definition) is 2. The summed E-state index contributed by atoms with van der Waals surface area (Å²) in [6.45, 7) is 2.70. The number of imidazole rings is 1. The molecule has 18 heavy (non-hydrogen) atoms. The monoisotopic (exact) mass is 249 g/mol. The maximum Gasteiger partial charge on any atom is 0.326 e. The summed E-state index contributed by atoms with van der Waals surface area (Å²) in [5.74, 6) is 0.149. The molecule has 1 fully saturated rings. The molecule has 0 bridgehead atoms. The molecule has 96 valence electrons. The van der Waals surface area contributed by atoms with Crippen molar-refractivity contribution in [3.8, 4) is 0 Å². The minimum Gasteiger partial charge on any atom is -0.316 e. The number of nitrogens with one attached hydrogen (secondary N) is 2. The lowest BCUT2D eigenvalue weighted by molar-refractivity contribution is 0.337. The van der Waals surface area contributed by atoms with Crippen LogP contribution in [0.15, 0.2) is 23.0 Å². The van der Waals surface area contributed by atoms with Crippen LogP contribution in [0.25, 0.3) is 11.0 Å². The Balaban J connectivity index is 1.95. The number of piperidine rings is 1. The molecule has 2 N–H and O–H groups in total. The largest absolute Gasteiger partial charge is 0.326 e. The highest BCUT2D eigenvalue weighted by atomic mass is 19.1. The van der Waals surface area contributed by atoms with Gasteiger partial charge in [0, 0.05) is 6.54 Å². The summed E-state index contributed by atoms with van der Waals surface area (Å²) in [6.07, 6.45) is 2.28. The molecule has 1 saturated heterocycles. The molecule has 4 nitrogen and oxygen atoms in total. The van der Waals surface area contributed by atoms with Crippen LogP contribution in [0.2, 0.25) is 0 Å². The van der Waals surface area contributed by atoms with E-state index in [-0.39, 0.29) is 11.5 Å². The number of nitrogens with zero attached hydrogens (tertiary/aromatic N) is 1. The zero-order valence-electron chi connectivity index (χ0n) is 10.1. The van der Waals surface area contributed by atoms with Gasteiger partial charge in [0.2, 0.25) is 0 Å². The summed E-state index contributed by atoms with van der Waals surface area (Å²) in [5, 5.41) is 3.34. The van der Waals surface area contributed by atoms with Crippen LogP contribution in [0, 0.1) is 11.7 Å². The number of halogens is 1. The van der Waals surface area contributed by atoms with Crippen LogP contribution >= 0.6 is 0 Å². The summed E-state index contributed by atoms with van der Waals surface area (Å²) in [4.78, 5) is 14.6. The molecule has 1 unspecified atom stereocenters. The summed E-state index contributed by atoms with van der Waals surface area (Å²) >= 11 is 0. The van der Waals surface area contributed by atoms with Crippen LogP contribution in [0.1, 0.15) is 12.8 Å². The van der Waals surface area contributed by atoms with E-state index in [1.165, 1.54) is 12.1 Å². The Kier molecular flexibility index (Phi) is 2.91. The number of aromatic amines is 1. The highest BCUT2D eigenvalue weighted by molar-refractivity contribution is 5.75. The van der Waals surface area contributed by atoms with Crippen LogP contribution in [-0.2, 0) is 6.54 Å². The maximum atomic E-state index is 13.1. The van der Waals surface area contributed by atoms with Gasteiger partial charge in [0.25, 0.3) is 0 Å². The molecule has 1 aliphatic heterocycles. The van der Waals surface area contributed by atoms with Crippen LogP contribution in [-0.4, -0.2) is 22.6 Å². The normalized spacial score (nSPS) is 20.4. The molecule has 1 atom stereocenters. The van der Waals surface area contributed by atoms with Gasteiger partial charge in [-0.15, -0.1) is 0 Å². The molecule has 0 saturated carbocycles. The van der Waals surface area contributed by atoms with Crippen molar-refractivity contribution in [1.29, 1.82) is 0 Å². The minimum absolute atomic E-state index is 0.152. The van der Waals surface area contributed by atoms with Gasteiger partial charge in [0.15, 0.2) is 0 Å². The molecule has 3 rings (SSSR count). The molecule has 1 aromatic carbocycles. The van der Waals surface area contributed by atoms with Crippen molar-refractivity contribution in [2.45, 2.75) is 19.4 Å². The molecular weight excluding hydrogens is 233 g/mol. The lowest BCUT2D eigenvalue weighted by Gasteiger charge is -2.22. The fourth-order valence-electron chi connectivity index (χ4n) is 2.66. The second-order valence-electron chi connectivity index (χ2n) is 4.91. The Morgan fingerprint density at radius 3 is 3.11 bits per heavy atom. The SMILES string of the molecule is O=c1[nH]c2cc(F)ccc2n1CC1CCCNC1. The van der Waals surface area contributed by atoms with Crippen molar-refractivity contribution in [3.63, 3.8) is 0 Å². The topological polar surface area (TPSA) is 49.8 Å². The van der Waals surface area contributed by atoms with Gasteiger partial charge in [0.1, 0.15) is 5.82 Å². The first-order valence-electron chi connectivity index (χ1n) is 6.33. The van der Waals surface area contributed by atoms with E-state index in [0.717, 1.165) is 31.4 Å². The van der Waals surface area contributed by atoms with E-state index in [2.05, 4.69) is 10.3 Å². The molecule has 5 heteroatoms. The van der Waals surface area contributed by atoms with Gasteiger partial charge in [-0.05, 0) is 50.0 Å². The predicted octanol–water partition coefficient (Wildman–Crippen LogP) is 1.47. The molecule has 0 radical (unpaired) electrons. The number of aromatic nitrogens is 2. The Morgan fingerprint density at radius 2 is 2.33 bits per heavy atom.